The van der Waals surface area contributed by atoms with Crippen LogP contribution in [0.1, 0.15) is 36.6 Å². The Hall–Kier alpha value is -5.63. The Morgan fingerprint density at radius 3 is 2.52 bits per heavy atom. The van der Waals surface area contributed by atoms with Gasteiger partial charge in [0.2, 0.25) is 5.13 Å². The summed E-state index contributed by atoms with van der Waals surface area (Å²) < 4.78 is 96.7. The first-order valence-corrected chi connectivity index (χ1v) is 19.7. The summed E-state index contributed by atoms with van der Waals surface area (Å²) in [6.45, 7) is 0.371. The van der Waals surface area contributed by atoms with Crippen LogP contribution in [0.3, 0.4) is 0 Å². The molecule has 3 heterocycles. The largest absolute Gasteiger partial charge is 0.497 e. The number of methoxy groups -OCH3 is 2. The van der Waals surface area contributed by atoms with E-state index < -0.39 is 45.5 Å². The van der Waals surface area contributed by atoms with Crippen LogP contribution in [0.2, 0.25) is 5.02 Å². The maximum absolute atomic E-state index is 16.1. The van der Waals surface area contributed by atoms with Crippen molar-refractivity contribution in [2.45, 2.75) is 43.1 Å². The molecule has 2 aromatic heterocycles. The van der Waals surface area contributed by atoms with Gasteiger partial charge in [-0.2, -0.15) is 17.9 Å². The molecular weight excluding hydrogens is 828 g/mol. The molecule has 0 spiro atoms. The minimum atomic E-state index is -4.63. The normalized spacial score (nSPS) is 14.8. The Balaban J connectivity index is 1.28. The molecule has 1 fully saturated rings. The van der Waals surface area contributed by atoms with Gasteiger partial charge in [0.25, 0.3) is 0 Å². The van der Waals surface area contributed by atoms with Crippen LogP contribution in [0.15, 0.2) is 89.4 Å². The summed E-state index contributed by atoms with van der Waals surface area (Å²) in [7, 11) is 0.701. The van der Waals surface area contributed by atoms with Crippen molar-refractivity contribution in [3.05, 3.63) is 117 Å². The predicted molar refractivity (Wildman–Crippen MR) is 207 cm³/mol. The van der Waals surface area contributed by atoms with Gasteiger partial charge in [0.15, 0.2) is 17.2 Å². The fourth-order valence-corrected chi connectivity index (χ4v) is 8.42. The Morgan fingerprint density at radius 2 is 1.83 bits per heavy atom. The maximum atomic E-state index is 16.1. The molecule has 58 heavy (non-hydrogen) atoms. The van der Waals surface area contributed by atoms with E-state index >= 15 is 4.39 Å². The number of aromatic nitrogens is 4. The van der Waals surface area contributed by atoms with E-state index in [1.807, 2.05) is 0 Å². The van der Waals surface area contributed by atoms with E-state index in [9.17, 15) is 27.5 Å². The van der Waals surface area contributed by atoms with Crippen LogP contribution in [0.4, 0.5) is 28.5 Å². The molecule has 20 heteroatoms. The van der Waals surface area contributed by atoms with Gasteiger partial charge >= 0.3 is 12.0 Å². The van der Waals surface area contributed by atoms with Gasteiger partial charge in [0.05, 0.1) is 47.5 Å². The Labute approximate surface area is 339 Å². The fraction of sp³-hybridized carbons (Fsp3) is 0.237. The van der Waals surface area contributed by atoms with Crippen LogP contribution >= 0.6 is 22.9 Å². The summed E-state index contributed by atoms with van der Waals surface area (Å²) >= 11 is 7.76. The third-order valence-electron chi connectivity index (χ3n) is 9.09. The number of anilines is 1. The molecule has 4 aromatic carbocycles. The summed E-state index contributed by atoms with van der Waals surface area (Å²) in [6, 6.07) is 15.9. The van der Waals surface area contributed by atoms with Gasteiger partial charge in [-0.15, -0.1) is 10.2 Å². The number of ether oxygens (including phenoxy) is 4. The molecule has 0 saturated carbocycles. The highest BCUT2D eigenvalue weighted by Crippen LogP contribution is 2.44. The van der Waals surface area contributed by atoms with Crippen LogP contribution in [-0.4, -0.2) is 49.9 Å². The summed E-state index contributed by atoms with van der Waals surface area (Å²) in [5.74, 6) is -0.941. The Morgan fingerprint density at radius 1 is 1.02 bits per heavy atom. The van der Waals surface area contributed by atoms with Crippen LogP contribution in [-0.2, 0) is 28.4 Å². The van der Waals surface area contributed by atoms with Crippen molar-refractivity contribution in [2.24, 2.45) is 0 Å². The molecule has 0 bridgehead atoms. The minimum Gasteiger partial charge on any atom is -0.497 e. The Kier molecular flexibility index (Phi) is 11.9. The highest BCUT2D eigenvalue weighted by Gasteiger charge is 2.32. The number of hydrogen-bond donors (Lipinski definition) is 0. The third-order valence-corrected chi connectivity index (χ3v) is 11.6. The van der Waals surface area contributed by atoms with E-state index in [-0.39, 0.29) is 55.3 Å². The van der Waals surface area contributed by atoms with Crippen molar-refractivity contribution >= 4 is 44.9 Å². The van der Waals surface area contributed by atoms with E-state index in [2.05, 4.69) is 15.3 Å². The Bertz CT molecular complexity index is 2480. The number of nitro groups is 1. The van der Waals surface area contributed by atoms with Crippen molar-refractivity contribution in [1.82, 2.24) is 20.0 Å². The smallest absolute Gasteiger partial charge is 0.416 e. The summed E-state index contributed by atoms with van der Waals surface area (Å²) in [4.78, 5) is 11.4. The van der Waals surface area contributed by atoms with E-state index in [0.717, 1.165) is 48.4 Å². The molecule has 1 aliphatic rings. The van der Waals surface area contributed by atoms with E-state index in [0.29, 0.717) is 30.1 Å². The van der Waals surface area contributed by atoms with E-state index in [1.165, 1.54) is 65.2 Å². The van der Waals surface area contributed by atoms with Gasteiger partial charge in [-0.1, -0.05) is 41.1 Å². The lowest BCUT2D eigenvalue weighted by atomic mass is 9.98. The van der Waals surface area contributed by atoms with Gasteiger partial charge in [0, 0.05) is 29.9 Å². The standard InChI is InChI=1S/C38H31ClF4N6O7S2/c1-53-26-11-9-24(32(16-26)54-2)19-48(37-45-44-21-57-37)58(52)34-17-29(39)33(18-30(34)40)56-31-12-10-23(22-6-5-7-25(14-22)38(41,42)43)15-27(31)28-20-47(46-36(28)49(50)51)35-8-3-4-13-55-35/h5-7,9-12,14-18,20-21,35H,3-4,8,13,19H2,1-2H3. The molecule has 302 valence electrons. The average molecular weight is 859 g/mol. The lowest BCUT2D eigenvalue weighted by molar-refractivity contribution is -0.389. The summed E-state index contributed by atoms with van der Waals surface area (Å²) in [5.41, 5.74) is 1.54. The molecule has 0 N–H and O–H groups in total. The SMILES string of the molecule is COc1ccc(CN(c2nncs2)S(=O)c2cc(Cl)c(Oc3ccc(-c4cccc(C(F)(F)F)c4)cc3-c3cn(C4CCCCO4)nc3[N+](=O)[O-])cc2F)c(OC)c1. The van der Waals surface area contributed by atoms with Crippen molar-refractivity contribution in [1.29, 1.82) is 0 Å². The molecule has 0 amide bonds. The van der Waals surface area contributed by atoms with Gasteiger partial charge in [-0.3, -0.25) is 4.31 Å². The highest BCUT2D eigenvalue weighted by atomic mass is 35.5. The number of rotatable bonds is 13. The summed E-state index contributed by atoms with van der Waals surface area (Å²) in [6.07, 6.45) is -1.68. The van der Waals surface area contributed by atoms with Gasteiger partial charge in [-0.25, -0.2) is 8.60 Å². The second-order valence-electron chi connectivity index (χ2n) is 12.7. The molecule has 13 nitrogen and oxygen atoms in total. The van der Waals surface area contributed by atoms with Crippen LogP contribution in [0.5, 0.6) is 23.0 Å². The number of hydrogen-bond acceptors (Lipinski definition) is 11. The number of alkyl halides is 3. The number of halogens is 5. The zero-order chi connectivity index (χ0) is 41.1. The number of benzene rings is 4. The molecule has 2 atom stereocenters. The molecular formula is C38H31ClF4N6O7S2. The third kappa shape index (κ3) is 8.62. The molecule has 6 aromatic rings. The van der Waals surface area contributed by atoms with Crippen molar-refractivity contribution in [3.8, 4) is 45.3 Å². The van der Waals surface area contributed by atoms with Crippen molar-refractivity contribution in [2.75, 3.05) is 25.1 Å². The molecule has 1 aliphatic heterocycles. The van der Waals surface area contributed by atoms with Crippen molar-refractivity contribution < 1.29 is 45.6 Å². The topological polar surface area (TPSA) is 144 Å². The lowest BCUT2D eigenvalue weighted by Crippen LogP contribution is -2.26. The van der Waals surface area contributed by atoms with Gasteiger partial charge in [0.1, 0.15) is 39.9 Å². The minimum absolute atomic E-state index is 0.0426. The fourth-order valence-electron chi connectivity index (χ4n) is 6.24. The van der Waals surface area contributed by atoms with Crippen LogP contribution in [0, 0.1) is 15.9 Å². The molecule has 1 saturated heterocycles. The molecule has 0 aliphatic carbocycles. The monoisotopic (exact) mass is 858 g/mol. The van der Waals surface area contributed by atoms with Crippen LogP contribution in [0.25, 0.3) is 22.3 Å². The van der Waals surface area contributed by atoms with Gasteiger partial charge in [-0.05, 0) is 77.8 Å². The zero-order valence-electron chi connectivity index (χ0n) is 30.4. The van der Waals surface area contributed by atoms with Crippen LogP contribution < -0.4 is 18.5 Å². The predicted octanol–water partition coefficient (Wildman–Crippen LogP) is 10.0. The zero-order valence-corrected chi connectivity index (χ0v) is 32.8. The summed E-state index contributed by atoms with van der Waals surface area (Å²) in [5, 5.41) is 24.5. The first-order valence-electron chi connectivity index (χ1n) is 17.3. The highest BCUT2D eigenvalue weighted by molar-refractivity contribution is 7.86. The first-order chi connectivity index (χ1) is 27.8. The number of nitrogens with zero attached hydrogens (tertiary/aromatic N) is 6. The van der Waals surface area contributed by atoms with E-state index in [1.54, 1.807) is 18.2 Å². The van der Waals surface area contributed by atoms with Gasteiger partial charge < -0.3 is 29.1 Å². The average Bonchev–Trinajstić information content (AvgIpc) is 3.93. The maximum Gasteiger partial charge on any atom is 0.416 e. The molecule has 7 rings (SSSR count). The second-order valence-corrected chi connectivity index (χ2v) is 15.3. The second kappa shape index (κ2) is 17.1. The van der Waals surface area contributed by atoms with E-state index in [4.69, 9.17) is 30.5 Å². The molecule has 0 radical (unpaired) electrons. The quantitative estimate of drug-likeness (QED) is 0.0625. The van der Waals surface area contributed by atoms with Crippen molar-refractivity contribution in [3.63, 3.8) is 0 Å². The molecule has 2 unspecified atom stereocenters. The lowest BCUT2D eigenvalue weighted by Gasteiger charge is -2.22. The first kappa shape index (κ1) is 40.6.